The van der Waals surface area contributed by atoms with E-state index in [9.17, 15) is 8.78 Å². The first kappa shape index (κ1) is 21.6. The summed E-state index contributed by atoms with van der Waals surface area (Å²) in [6.45, 7) is 11.8. The van der Waals surface area contributed by atoms with Gasteiger partial charge in [-0.3, -0.25) is 0 Å². The van der Waals surface area contributed by atoms with Gasteiger partial charge in [-0.1, -0.05) is 66.0 Å². The number of rotatable bonds is 5. The van der Waals surface area contributed by atoms with Crippen LogP contribution < -0.4 is 0 Å². The second kappa shape index (κ2) is 10.6. The van der Waals surface area contributed by atoms with Crippen molar-refractivity contribution in [1.29, 1.82) is 0 Å². The molecule has 1 saturated carbocycles. The Hall–Kier alpha value is -0.400. The summed E-state index contributed by atoms with van der Waals surface area (Å²) in [5.41, 5.74) is 1.16. The fourth-order valence-corrected chi connectivity index (χ4v) is 4.32. The molecule has 0 aromatic rings. The molecule has 1 fully saturated rings. The number of alkyl halides is 2. The smallest absolute Gasteiger partial charge is 0.138 e. The van der Waals surface area contributed by atoms with Crippen LogP contribution in [0.15, 0.2) is 11.6 Å². The lowest BCUT2D eigenvalue weighted by molar-refractivity contribution is 0.0924. The largest absolute Gasteiger partial charge is 0.244 e. The van der Waals surface area contributed by atoms with Crippen LogP contribution in [0.1, 0.15) is 86.5 Å². The molecule has 2 aliphatic carbocycles. The monoisotopic (exact) mass is 342 g/mol. The SMILES string of the molecule is CC.CC1CCC(C2CC=C(C(C)C(F)C(F)C(C)C)CC2)CC1. The van der Waals surface area contributed by atoms with Crippen LogP contribution >= 0.6 is 0 Å². The van der Waals surface area contributed by atoms with E-state index < -0.39 is 12.3 Å². The summed E-state index contributed by atoms with van der Waals surface area (Å²) in [6, 6.07) is 0. The maximum absolute atomic E-state index is 14.3. The van der Waals surface area contributed by atoms with Crippen LogP contribution in [0.25, 0.3) is 0 Å². The Kier molecular flexibility index (Phi) is 9.52. The van der Waals surface area contributed by atoms with E-state index in [2.05, 4.69) is 13.0 Å². The van der Waals surface area contributed by atoms with E-state index in [1.807, 2.05) is 20.8 Å². The van der Waals surface area contributed by atoms with Crippen LogP contribution in [0, 0.1) is 29.6 Å². The van der Waals surface area contributed by atoms with Crippen molar-refractivity contribution in [3.05, 3.63) is 11.6 Å². The van der Waals surface area contributed by atoms with Crippen molar-refractivity contribution in [2.45, 2.75) is 98.8 Å². The average molecular weight is 343 g/mol. The molecule has 0 heterocycles. The van der Waals surface area contributed by atoms with Gasteiger partial charge < -0.3 is 0 Å². The molecule has 4 atom stereocenters. The zero-order chi connectivity index (χ0) is 18.3. The highest BCUT2D eigenvalue weighted by molar-refractivity contribution is 5.12. The fourth-order valence-electron chi connectivity index (χ4n) is 4.32. The van der Waals surface area contributed by atoms with Crippen LogP contribution in [-0.4, -0.2) is 12.3 Å². The van der Waals surface area contributed by atoms with Gasteiger partial charge in [0.25, 0.3) is 0 Å². The second-order valence-corrected chi connectivity index (χ2v) is 8.25. The summed E-state index contributed by atoms with van der Waals surface area (Å²) in [4.78, 5) is 0. The molecule has 142 valence electrons. The minimum Gasteiger partial charge on any atom is -0.244 e. The van der Waals surface area contributed by atoms with Crippen molar-refractivity contribution in [3.8, 4) is 0 Å². The minimum atomic E-state index is -1.35. The molecule has 0 amide bonds. The molecule has 0 aromatic heterocycles. The van der Waals surface area contributed by atoms with E-state index in [4.69, 9.17) is 0 Å². The normalized spacial score (nSPS) is 31.5. The lowest BCUT2D eigenvalue weighted by Gasteiger charge is -2.36. The molecule has 0 spiro atoms. The lowest BCUT2D eigenvalue weighted by Crippen LogP contribution is -2.31. The van der Waals surface area contributed by atoms with Crippen molar-refractivity contribution in [2.24, 2.45) is 29.6 Å². The predicted molar refractivity (Wildman–Crippen MR) is 102 cm³/mol. The Morgan fingerprint density at radius 2 is 1.46 bits per heavy atom. The number of hydrogen-bond acceptors (Lipinski definition) is 0. The summed E-state index contributed by atoms with van der Waals surface area (Å²) in [7, 11) is 0. The standard InChI is InChI=1S/C20H34F2.C2H6/c1-13(2)19(21)20(22)15(4)16-9-11-18(12-10-16)17-7-5-14(3)6-8-17;1-2/h9,13-15,17-20H,5-8,10-12H2,1-4H3;1-2H3. The van der Waals surface area contributed by atoms with E-state index in [1.54, 1.807) is 13.8 Å². The number of halogens is 2. The van der Waals surface area contributed by atoms with E-state index in [0.717, 1.165) is 36.2 Å². The van der Waals surface area contributed by atoms with Crippen molar-refractivity contribution < 1.29 is 8.78 Å². The van der Waals surface area contributed by atoms with Crippen LogP contribution in [0.2, 0.25) is 0 Å². The Morgan fingerprint density at radius 1 is 0.875 bits per heavy atom. The first-order valence-electron chi connectivity index (χ1n) is 10.4. The average Bonchev–Trinajstić information content (AvgIpc) is 2.62. The maximum atomic E-state index is 14.3. The van der Waals surface area contributed by atoms with Gasteiger partial charge >= 0.3 is 0 Å². The van der Waals surface area contributed by atoms with E-state index in [-0.39, 0.29) is 11.8 Å². The van der Waals surface area contributed by atoms with Crippen molar-refractivity contribution in [1.82, 2.24) is 0 Å². The second-order valence-electron chi connectivity index (χ2n) is 8.25. The molecule has 0 aliphatic heterocycles. The molecular weight excluding hydrogens is 302 g/mol. The molecule has 0 aromatic carbocycles. The molecule has 24 heavy (non-hydrogen) atoms. The zero-order valence-electron chi connectivity index (χ0n) is 16.8. The predicted octanol–water partition coefficient (Wildman–Crippen LogP) is 7.53. The van der Waals surface area contributed by atoms with Gasteiger partial charge in [-0.2, -0.15) is 0 Å². The molecular formula is C22H40F2. The third-order valence-electron chi connectivity index (χ3n) is 6.22. The third-order valence-corrected chi connectivity index (χ3v) is 6.22. The molecule has 0 N–H and O–H groups in total. The van der Waals surface area contributed by atoms with Gasteiger partial charge in [-0.15, -0.1) is 0 Å². The van der Waals surface area contributed by atoms with Crippen molar-refractivity contribution in [3.63, 3.8) is 0 Å². The topological polar surface area (TPSA) is 0 Å². The van der Waals surface area contributed by atoms with Crippen molar-refractivity contribution in [2.75, 3.05) is 0 Å². The number of hydrogen-bond donors (Lipinski definition) is 0. The van der Waals surface area contributed by atoms with Gasteiger partial charge in [0.2, 0.25) is 0 Å². The van der Waals surface area contributed by atoms with Gasteiger partial charge in [-0.25, -0.2) is 8.78 Å². The summed E-state index contributed by atoms with van der Waals surface area (Å²) in [6.07, 6.45) is 8.29. The van der Waals surface area contributed by atoms with Crippen molar-refractivity contribution >= 4 is 0 Å². The third kappa shape index (κ3) is 5.85. The lowest BCUT2D eigenvalue weighted by atomic mass is 9.70. The quantitative estimate of drug-likeness (QED) is 0.453. The Morgan fingerprint density at radius 3 is 1.92 bits per heavy atom. The van der Waals surface area contributed by atoms with Gasteiger partial charge in [0.1, 0.15) is 12.3 Å². The summed E-state index contributed by atoms with van der Waals surface area (Å²) < 4.78 is 28.2. The zero-order valence-corrected chi connectivity index (χ0v) is 16.8. The Bertz CT molecular complexity index is 366. The summed E-state index contributed by atoms with van der Waals surface area (Å²) >= 11 is 0. The summed E-state index contributed by atoms with van der Waals surface area (Å²) in [5, 5.41) is 0. The van der Waals surface area contributed by atoms with Crippen LogP contribution in [0.3, 0.4) is 0 Å². The van der Waals surface area contributed by atoms with Gasteiger partial charge in [-0.05, 0) is 55.8 Å². The fraction of sp³-hybridized carbons (Fsp3) is 0.909. The molecule has 2 rings (SSSR count). The van der Waals surface area contributed by atoms with Crippen LogP contribution in [0.5, 0.6) is 0 Å². The molecule has 0 nitrogen and oxygen atoms in total. The van der Waals surface area contributed by atoms with E-state index in [1.165, 1.54) is 32.1 Å². The first-order valence-corrected chi connectivity index (χ1v) is 10.4. The highest BCUT2D eigenvalue weighted by Gasteiger charge is 2.33. The highest BCUT2D eigenvalue weighted by atomic mass is 19.2. The van der Waals surface area contributed by atoms with E-state index in [0.29, 0.717) is 0 Å². The minimum absolute atomic E-state index is 0.237. The number of allylic oxidation sites excluding steroid dienone is 2. The molecule has 0 bridgehead atoms. The van der Waals surface area contributed by atoms with E-state index >= 15 is 0 Å². The van der Waals surface area contributed by atoms with Gasteiger partial charge in [0.15, 0.2) is 0 Å². The molecule has 2 heteroatoms. The molecule has 4 unspecified atom stereocenters. The molecule has 0 saturated heterocycles. The van der Waals surface area contributed by atoms with Crippen LogP contribution in [0.4, 0.5) is 8.78 Å². The Labute approximate surface area is 149 Å². The highest BCUT2D eigenvalue weighted by Crippen LogP contribution is 2.41. The van der Waals surface area contributed by atoms with Crippen LogP contribution in [-0.2, 0) is 0 Å². The molecule has 2 aliphatic rings. The Balaban J connectivity index is 0.00000139. The van der Waals surface area contributed by atoms with Gasteiger partial charge in [0.05, 0.1) is 0 Å². The summed E-state index contributed by atoms with van der Waals surface area (Å²) in [5.74, 6) is 2.06. The maximum Gasteiger partial charge on any atom is 0.138 e. The molecule has 0 radical (unpaired) electrons. The first-order chi connectivity index (χ1) is 11.4. The van der Waals surface area contributed by atoms with Gasteiger partial charge in [0, 0.05) is 5.92 Å².